The van der Waals surface area contributed by atoms with E-state index < -0.39 is 5.97 Å². The van der Waals surface area contributed by atoms with Gasteiger partial charge in [-0.25, -0.2) is 14.8 Å². The molecule has 1 fully saturated rings. The lowest BCUT2D eigenvalue weighted by molar-refractivity contribution is 0.0600. The van der Waals surface area contributed by atoms with Crippen LogP contribution in [0.25, 0.3) is 0 Å². The summed E-state index contributed by atoms with van der Waals surface area (Å²) in [6, 6.07) is 8.49. The Hall–Kier alpha value is -2.96. The average molecular weight is 368 g/mol. The van der Waals surface area contributed by atoms with Crippen molar-refractivity contribution in [1.82, 2.24) is 9.97 Å². The Labute approximate surface area is 158 Å². The summed E-state index contributed by atoms with van der Waals surface area (Å²) >= 11 is 0. The van der Waals surface area contributed by atoms with Crippen molar-refractivity contribution in [3.8, 4) is 0 Å². The molecule has 142 valence electrons. The molecule has 0 bridgehead atoms. The van der Waals surface area contributed by atoms with Gasteiger partial charge in [0.15, 0.2) is 0 Å². The first-order valence-electron chi connectivity index (χ1n) is 9.25. The van der Waals surface area contributed by atoms with Crippen LogP contribution in [0.2, 0.25) is 0 Å². The van der Waals surface area contributed by atoms with Gasteiger partial charge in [-0.2, -0.15) is 0 Å². The van der Waals surface area contributed by atoms with Crippen molar-refractivity contribution in [2.45, 2.75) is 44.6 Å². The predicted molar refractivity (Wildman–Crippen MR) is 103 cm³/mol. The number of esters is 1. The second-order valence-electron chi connectivity index (χ2n) is 6.62. The van der Waals surface area contributed by atoms with Crippen molar-refractivity contribution in [1.29, 1.82) is 0 Å². The first-order chi connectivity index (χ1) is 13.2. The number of aromatic nitrogens is 2. The van der Waals surface area contributed by atoms with Gasteiger partial charge in [0.1, 0.15) is 5.69 Å². The molecule has 0 unspecified atom stereocenters. The highest BCUT2D eigenvalue weighted by atomic mass is 16.5. The molecule has 0 saturated heterocycles. The van der Waals surface area contributed by atoms with E-state index in [2.05, 4.69) is 20.6 Å². The third-order valence-electron chi connectivity index (χ3n) is 4.62. The van der Waals surface area contributed by atoms with Crippen molar-refractivity contribution < 1.29 is 14.3 Å². The van der Waals surface area contributed by atoms with Gasteiger partial charge in [0.05, 0.1) is 12.7 Å². The fourth-order valence-corrected chi connectivity index (χ4v) is 3.20. The van der Waals surface area contributed by atoms with Crippen LogP contribution in [-0.4, -0.2) is 35.0 Å². The normalized spacial score (nSPS) is 14.9. The Morgan fingerprint density at radius 3 is 2.63 bits per heavy atom. The van der Waals surface area contributed by atoms with Crippen LogP contribution in [0.3, 0.4) is 0 Å². The molecule has 3 rings (SSSR count). The van der Waals surface area contributed by atoms with Crippen LogP contribution >= 0.6 is 0 Å². The molecule has 1 aliphatic rings. The monoisotopic (exact) mass is 368 g/mol. The number of nitrogens with one attached hydrogen (secondary N) is 2. The Balaban J connectivity index is 1.67. The third kappa shape index (κ3) is 5.26. The molecule has 7 nitrogen and oxygen atoms in total. The number of nitrogens with zero attached hydrogens (tertiary/aromatic N) is 2. The molecule has 1 aromatic carbocycles. The largest absolute Gasteiger partial charge is 0.465 e. The minimum Gasteiger partial charge on any atom is -0.465 e. The van der Waals surface area contributed by atoms with E-state index in [0.717, 1.165) is 12.8 Å². The lowest BCUT2D eigenvalue weighted by Gasteiger charge is -2.16. The Morgan fingerprint density at radius 2 is 1.89 bits per heavy atom. The van der Waals surface area contributed by atoms with Gasteiger partial charge in [-0.1, -0.05) is 31.7 Å². The molecule has 7 heteroatoms. The maximum atomic E-state index is 12.5. The molecule has 1 saturated carbocycles. The van der Waals surface area contributed by atoms with Gasteiger partial charge in [-0.3, -0.25) is 4.79 Å². The fourth-order valence-electron chi connectivity index (χ4n) is 3.20. The summed E-state index contributed by atoms with van der Waals surface area (Å²) in [5.41, 5.74) is 1.14. The number of methoxy groups -OCH3 is 1. The second-order valence-corrected chi connectivity index (χ2v) is 6.62. The summed E-state index contributed by atoms with van der Waals surface area (Å²) in [4.78, 5) is 32.7. The lowest BCUT2D eigenvalue weighted by atomic mass is 10.1. The van der Waals surface area contributed by atoms with Crippen LogP contribution in [0.15, 0.2) is 36.5 Å². The van der Waals surface area contributed by atoms with Gasteiger partial charge in [-0.05, 0) is 37.1 Å². The Bertz CT molecular complexity index is 801. The summed E-state index contributed by atoms with van der Waals surface area (Å²) in [5, 5.41) is 6.10. The van der Waals surface area contributed by atoms with Crippen molar-refractivity contribution in [2.75, 3.05) is 17.7 Å². The van der Waals surface area contributed by atoms with Crippen LogP contribution < -0.4 is 10.6 Å². The minimum atomic E-state index is -0.456. The number of ether oxygens (including phenoxy) is 1. The highest BCUT2D eigenvalue weighted by Crippen LogP contribution is 2.20. The quantitative estimate of drug-likeness (QED) is 0.618. The van der Waals surface area contributed by atoms with Crippen LogP contribution in [0.4, 0.5) is 11.6 Å². The molecule has 0 radical (unpaired) electrons. The van der Waals surface area contributed by atoms with Gasteiger partial charge in [0, 0.05) is 17.9 Å². The first kappa shape index (κ1) is 18.8. The Morgan fingerprint density at radius 1 is 1.11 bits per heavy atom. The zero-order valence-corrected chi connectivity index (χ0v) is 15.4. The summed E-state index contributed by atoms with van der Waals surface area (Å²) in [6.45, 7) is 0. The molecule has 2 N–H and O–H groups in total. The van der Waals surface area contributed by atoms with E-state index in [4.69, 9.17) is 4.74 Å². The summed E-state index contributed by atoms with van der Waals surface area (Å²) in [7, 11) is 1.32. The van der Waals surface area contributed by atoms with E-state index in [1.807, 2.05) is 0 Å². The number of anilines is 2. The predicted octanol–water partition coefficient (Wildman–Crippen LogP) is 3.65. The zero-order chi connectivity index (χ0) is 19.1. The molecule has 0 atom stereocenters. The number of hydrogen-bond acceptors (Lipinski definition) is 6. The average Bonchev–Trinajstić information content (AvgIpc) is 2.96. The molecular weight excluding hydrogens is 344 g/mol. The number of carbonyl (C=O) groups excluding carboxylic acids is 2. The van der Waals surface area contributed by atoms with Crippen molar-refractivity contribution >= 4 is 23.5 Å². The van der Waals surface area contributed by atoms with Gasteiger partial charge in [0.25, 0.3) is 5.91 Å². The topological polar surface area (TPSA) is 93.2 Å². The van der Waals surface area contributed by atoms with Gasteiger partial charge < -0.3 is 15.4 Å². The van der Waals surface area contributed by atoms with E-state index in [-0.39, 0.29) is 11.6 Å². The Kier molecular flexibility index (Phi) is 6.35. The zero-order valence-electron chi connectivity index (χ0n) is 15.4. The molecule has 1 heterocycles. The second kappa shape index (κ2) is 9.12. The van der Waals surface area contributed by atoms with E-state index in [1.165, 1.54) is 32.8 Å². The lowest BCUT2D eigenvalue weighted by Crippen LogP contribution is -2.21. The van der Waals surface area contributed by atoms with Gasteiger partial charge >= 0.3 is 5.97 Å². The van der Waals surface area contributed by atoms with Crippen LogP contribution in [0, 0.1) is 0 Å². The molecule has 2 aromatic rings. The molecule has 0 spiro atoms. The molecule has 1 aromatic heterocycles. The van der Waals surface area contributed by atoms with Gasteiger partial charge in [-0.15, -0.1) is 0 Å². The van der Waals surface area contributed by atoms with Gasteiger partial charge in [0.2, 0.25) is 5.95 Å². The van der Waals surface area contributed by atoms with Crippen molar-refractivity contribution in [3.05, 3.63) is 47.8 Å². The SMILES string of the molecule is COC(=O)c1cccc(NC(=O)c2ccnc(NC3CCCCCC3)n2)c1. The number of carbonyl (C=O) groups is 2. The minimum absolute atomic E-state index is 0.268. The highest BCUT2D eigenvalue weighted by molar-refractivity contribution is 6.03. The first-order valence-corrected chi connectivity index (χ1v) is 9.25. The van der Waals surface area contributed by atoms with E-state index in [0.29, 0.717) is 23.2 Å². The fraction of sp³-hybridized carbons (Fsp3) is 0.400. The number of amides is 1. The third-order valence-corrected chi connectivity index (χ3v) is 4.62. The maximum Gasteiger partial charge on any atom is 0.337 e. The number of benzene rings is 1. The summed E-state index contributed by atoms with van der Waals surface area (Å²) < 4.78 is 4.70. The smallest absolute Gasteiger partial charge is 0.337 e. The van der Waals surface area contributed by atoms with Crippen LogP contribution in [0.5, 0.6) is 0 Å². The highest BCUT2D eigenvalue weighted by Gasteiger charge is 2.15. The van der Waals surface area contributed by atoms with Crippen molar-refractivity contribution in [3.63, 3.8) is 0 Å². The molecule has 1 amide bonds. The number of hydrogen-bond donors (Lipinski definition) is 2. The molecule has 1 aliphatic carbocycles. The number of rotatable bonds is 5. The van der Waals surface area contributed by atoms with E-state index in [9.17, 15) is 9.59 Å². The van der Waals surface area contributed by atoms with Crippen LogP contribution in [0.1, 0.15) is 59.4 Å². The van der Waals surface area contributed by atoms with Crippen molar-refractivity contribution in [2.24, 2.45) is 0 Å². The molecule has 0 aliphatic heterocycles. The molecular formula is C20H24N4O3. The standard InChI is InChI=1S/C20H24N4O3/c1-27-19(26)14-7-6-10-16(13-14)22-18(25)17-11-12-21-20(24-17)23-15-8-4-2-3-5-9-15/h6-7,10-13,15H,2-5,8-9H2,1H3,(H,22,25)(H,21,23,24). The summed E-state index contributed by atoms with van der Waals surface area (Å²) in [5.74, 6) is -0.343. The molecule has 27 heavy (non-hydrogen) atoms. The van der Waals surface area contributed by atoms with Crippen LogP contribution in [-0.2, 0) is 4.74 Å². The van der Waals surface area contributed by atoms with E-state index in [1.54, 1.807) is 36.5 Å². The van der Waals surface area contributed by atoms with E-state index >= 15 is 0 Å². The maximum absolute atomic E-state index is 12.5. The summed E-state index contributed by atoms with van der Waals surface area (Å²) in [6.07, 6.45) is 8.72.